The maximum Gasteiger partial charge on any atom is 0.276 e. The van der Waals surface area contributed by atoms with Gasteiger partial charge in [-0.3, -0.25) is 9.78 Å². The van der Waals surface area contributed by atoms with Crippen LogP contribution in [0.3, 0.4) is 0 Å². The van der Waals surface area contributed by atoms with Crippen LogP contribution in [-0.4, -0.2) is 27.5 Å². The Hall–Kier alpha value is -3.74. The number of fused-ring (bicyclic) bond motifs is 1. The molecule has 0 aliphatic carbocycles. The van der Waals surface area contributed by atoms with E-state index >= 15 is 0 Å². The Morgan fingerprint density at radius 2 is 2.06 bits per heavy atom. The van der Waals surface area contributed by atoms with Crippen LogP contribution < -0.4 is 4.74 Å². The first-order valence-corrected chi connectivity index (χ1v) is 10.2. The molecule has 0 spiro atoms. The van der Waals surface area contributed by atoms with Gasteiger partial charge < -0.3 is 14.2 Å². The SMILES string of the molecule is O=C(c1cc(COc2cccc3cnccc23)on1)N1CCCC1c1ccc(F)cc1. The molecule has 1 atom stereocenters. The van der Waals surface area contributed by atoms with Gasteiger partial charge in [-0.2, -0.15) is 0 Å². The highest BCUT2D eigenvalue weighted by molar-refractivity contribution is 5.92. The number of likely N-dealkylation sites (tertiary alicyclic amines) is 1. The summed E-state index contributed by atoms with van der Waals surface area (Å²) in [5.41, 5.74) is 1.17. The number of rotatable bonds is 5. The second-order valence-electron chi connectivity index (χ2n) is 7.53. The predicted octanol–water partition coefficient (Wildman–Crippen LogP) is 4.92. The average molecular weight is 417 g/mol. The molecule has 2 aromatic carbocycles. The molecule has 1 unspecified atom stereocenters. The minimum Gasteiger partial charge on any atom is -0.485 e. The van der Waals surface area contributed by atoms with E-state index in [9.17, 15) is 9.18 Å². The summed E-state index contributed by atoms with van der Waals surface area (Å²) in [5, 5.41) is 5.89. The van der Waals surface area contributed by atoms with E-state index in [1.807, 2.05) is 24.3 Å². The highest BCUT2D eigenvalue weighted by atomic mass is 19.1. The molecule has 0 N–H and O–H groups in total. The Kier molecular flexibility index (Phi) is 5.08. The number of carbonyl (C=O) groups excluding carboxylic acids is 1. The minimum absolute atomic E-state index is 0.0891. The van der Waals surface area contributed by atoms with Crippen molar-refractivity contribution in [2.45, 2.75) is 25.5 Å². The molecule has 1 aliphatic rings. The zero-order chi connectivity index (χ0) is 21.2. The number of ether oxygens (including phenoxy) is 1. The standard InChI is InChI=1S/C24H20FN3O3/c25-18-8-6-16(7-9-18)22-4-2-12-28(22)24(29)21-13-19(31-27-21)15-30-23-5-1-3-17-14-26-11-10-20(17)23/h1,3,5-11,13-14,22H,2,4,12,15H2. The summed E-state index contributed by atoms with van der Waals surface area (Å²) < 4.78 is 24.5. The van der Waals surface area contributed by atoms with Crippen LogP contribution in [0.5, 0.6) is 5.75 Å². The van der Waals surface area contributed by atoms with Crippen LogP contribution in [-0.2, 0) is 6.61 Å². The summed E-state index contributed by atoms with van der Waals surface area (Å²) in [7, 11) is 0. The number of hydrogen-bond donors (Lipinski definition) is 0. The highest BCUT2D eigenvalue weighted by Crippen LogP contribution is 2.33. The Morgan fingerprint density at radius 3 is 2.94 bits per heavy atom. The molecule has 0 radical (unpaired) electrons. The fraction of sp³-hybridized carbons (Fsp3) is 0.208. The van der Waals surface area contributed by atoms with Crippen LogP contribution >= 0.6 is 0 Å². The highest BCUT2D eigenvalue weighted by Gasteiger charge is 2.32. The summed E-state index contributed by atoms with van der Waals surface area (Å²) in [4.78, 5) is 18.9. The quantitative estimate of drug-likeness (QED) is 0.461. The van der Waals surface area contributed by atoms with Gasteiger partial charge in [-0.1, -0.05) is 29.4 Å². The number of hydrogen-bond acceptors (Lipinski definition) is 5. The van der Waals surface area contributed by atoms with Crippen LogP contribution in [0, 0.1) is 5.82 Å². The third-order valence-electron chi connectivity index (χ3n) is 5.56. The van der Waals surface area contributed by atoms with Crippen LogP contribution in [0.4, 0.5) is 4.39 Å². The second kappa shape index (κ2) is 8.18. The van der Waals surface area contributed by atoms with E-state index in [0.717, 1.165) is 29.2 Å². The van der Waals surface area contributed by atoms with Crippen molar-refractivity contribution in [2.75, 3.05) is 6.54 Å². The van der Waals surface area contributed by atoms with E-state index in [1.165, 1.54) is 12.1 Å². The summed E-state index contributed by atoms with van der Waals surface area (Å²) in [5.74, 6) is 0.688. The van der Waals surface area contributed by atoms with Crippen molar-refractivity contribution >= 4 is 16.7 Å². The van der Waals surface area contributed by atoms with E-state index in [2.05, 4.69) is 10.1 Å². The molecule has 0 saturated carbocycles. The van der Waals surface area contributed by atoms with Crippen LogP contribution in [0.2, 0.25) is 0 Å². The van der Waals surface area contributed by atoms with E-state index in [1.54, 1.807) is 35.5 Å². The number of benzene rings is 2. The summed E-state index contributed by atoms with van der Waals surface area (Å²) in [6.07, 6.45) is 5.22. The zero-order valence-electron chi connectivity index (χ0n) is 16.7. The first kappa shape index (κ1) is 19.2. The number of carbonyl (C=O) groups is 1. The number of amides is 1. The summed E-state index contributed by atoms with van der Waals surface area (Å²) in [6, 6.07) is 15.5. The lowest BCUT2D eigenvalue weighted by Gasteiger charge is -2.24. The van der Waals surface area contributed by atoms with Crippen LogP contribution in [0.1, 0.15) is 40.7 Å². The molecule has 1 aliphatic heterocycles. The summed E-state index contributed by atoms with van der Waals surface area (Å²) in [6.45, 7) is 0.784. The fourth-order valence-electron chi connectivity index (χ4n) is 4.04. The van der Waals surface area contributed by atoms with Gasteiger partial charge in [0.15, 0.2) is 11.5 Å². The van der Waals surface area contributed by atoms with Gasteiger partial charge in [-0.25, -0.2) is 4.39 Å². The first-order chi connectivity index (χ1) is 15.2. The first-order valence-electron chi connectivity index (χ1n) is 10.2. The zero-order valence-corrected chi connectivity index (χ0v) is 16.7. The van der Waals surface area contributed by atoms with Crippen LogP contribution in [0.25, 0.3) is 10.8 Å². The monoisotopic (exact) mass is 417 g/mol. The number of pyridine rings is 1. The van der Waals surface area contributed by atoms with Crippen LogP contribution in [0.15, 0.2) is 71.5 Å². The maximum absolute atomic E-state index is 13.3. The van der Waals surface area contributed by atoms with E-state index in [4.69, 9.17) is 9.26 Å². The second-order valence-corrected chi connectivity index (χ2v) is 7.53. The third kappa shape index (κ3) is 3.86. The largest absolute Gasteiger partial charge is 0.485 e. The lowest BCUT2D eigenvalue weighted by Crippen LogP contribution is -2.30. The fourth-order valence-corrected chi connectivity index (χ4v) is 4.04. The van der Waals surface area contributed by atoms with Crippen molar-refractivity contribution in [1.82, 2.24) is 15.0 Å². The molecule has 1 saturated heterocycles. The number of halogens is 1. The van der Waals surface area contributed by atoms with Crippen molar-refractivity contribution in [3.63, 3.8) is 0 Å². The van der Waals surface area contributed by atoms with Crippen molar-refractivity contribution in [2.24, 2.45) is 0 Å². The molecule has 2 aromatic heterocycles. The van der Waals surface area contributed by atoms with Crippen molar-refractivity contribution in [1.29, 1.82) is 0 Å². The van der Waals surface area contributed by atoms with Gasteiger partial charge >= 0.3 is 0 Å². The molecule has 5 rings (SSSR count). The van der Waals surface area contributed by atoms with E-state index in [-0.39, 0.29) is 30.1 Å². The number of aromatic nitrogens is 2. The van der Waals surface area contributed by atoms with Crippen molar-refractivity contribution in [3.8, 4) is 5.75 Å². The van der Waals surface area contributed by atoms with Gasteiger partial charge in [0.05, 0.1) is 6.04 Å². The molecule has 7 heteroatoms. The van der Waals surface area contributed by atoms with Gasteiger partial charge in [0.25, 0.3) is 5.91 Å². The van der Waals surface area contributed by atoms with Crippen molar-refractivity contribution < 1.29 is 18.4 Å². The maximum atomic E-state index is 13.3. The molecular weight excluding hydrogens is 397 g/mol. The lowest BCUT2D eigenvalue weighted by atomic mass is 10.0. The smallest absolute Gasteiger partial charge is 0.276 e. The Labute approximate surface area is 178 Å². The van der Waals surface area contributed by atoms with E-state index < -0.39 is 0 Å². The minimum atomic E-state index is -0.289. The van der Waals surface area contributed by atoms with Gasteiger partial charge in [0.1, 0.15) is 18.2 Å². The molecule has 0 bridgehead atoms. The third-order valence-corrected chi connectivity index (χ3v) is 5.56. The molecule has 4 aromatic rings. The molecule has 1 amide bonds. The lowest BCUT2D eigenvalue weighted by molar-refractivity contribution is 0.0725. The van der Waals surface area contributed by atoms with Crippen molar-refractivity contribution in [3.05, 3.63) is 89.8 Å². The molecule has 1 fully saturated rings. The number of nitrogens with zero attached hydrogens (tertiary/aromatic N) is 3. The Balaban J connectivity index is 1.29. The topological polar surface area (TPSA) is 68.5 Å². The van der Waals surface area contributed by atoms with Gasteiger partial charge in [-0.15, -0.1) is 0 Å². The molecule has 31 heavy (non-hydrogen) atoms. The predicted molar refractivity (Wildman–Crippen MR) is 112 cm³/mol. The van der Waals surface area contributed by atoms with E-state index in [0.29, 0.717) is 18.1 Å². The average Bonchev–Trinajstić information content (AvgIpc) is 3.48. The normalized spacial score (nSPS) is 16.0. The molecular formula is C24H20FN3O3. The van der Waals surface area contributed by atoms with Gasteiger partial charge in [0.2, 0.25) is 0 Å². The molecule has 6 nitrogen and oxygen atoms in total. The Bertz CT molecular complexity index is 1220. The molecule has 3 heterocycles. The van der Waals surface area contributed by atoms with Gasteiger partial charge in [-0.05, 0) is 42.7 Å². The summed E-state index contributed by atoms with van der Waals surface area (Å²) >= 11 is 0. The van der Waals surface area contributed by atoms with Gasteiger partial charge in [0, 0.05) is 35.8 Å². The molecule has 156 valence electrons. The Morgan fingerprint density at radius 1 is 1.19 bits per heavy atom.